The molecule has 0 aliphatic carbocycles. The number of carbonyl (C=O) groups excluding carboxylic acids is 2. The van der Waals surface area contributed by atoms with Gasteiger partial charge in [-0.05, 0) is 25.1 Å². The Bertz CT molecular complexity index is 465. The molecule has 0 saturated carbocycles. The number of halogens is 1. The molecule has 0 aromatic heterocycles. The van der Waals surface area contributed by atoms with Crippen LogP contribution in [0.1, 0.15) is 23.7 Å². The van der Waals surface area contributed by atoms with E-state index in [1.807, 2.05) is 11.8 Å². The lowest BCUT2D eigenvalue weighted by Crippen LogP contribution is -2.40. The Balaban J connectivity index is 2.53. The molecule has 0 aliphatic rings. The van der Waals surface area contributed by atoms with Gasteiger partial charge >= 0.3 is 0 Å². The first-order valence-corrected chi connectivity index (χ1v) is 6.88. The number of likely N-dealkylation sites (N-methyl/N-ethyl adjacent to an activating group) is 1. The molecule has 20 heavy (non-hydrogen) atoms. The second-order valence-corrected chi connectivity index (χ2v) is 4.71. The summed E-state index contributed by atoms with van der Waals surface area (Å²) in [5.74, 6) is -0.881. The molecule has 0 heterocycles. The molecular weight excluding hydrogens is 280 g/mol. The number of rotatable bonds is 7. The van der Waals surface area contributed by atoms with Crippen LogP contribution in [0.4, 0.5) is 0 Å². The van der Waals surface area contributed by atoms with Gasteiger partial charge in [0.1, 0.15) is 0 Å². The normalized spacial score (nSPS) is 10.6. The van der Waals surface area contributed by atoms with Crippen molar-refractivity contribution in [3.63, 3.8) is 0 Å². The number of nitrogens with one attached hydrogen (secondary N) is 1. The maximum absolute atomic E-state index is 11.9. The van der Waals surface area contributed by atoms with E-state index in [1.54, 1.807) is 24.3 Å². The molecule has 6 heteroatoms. The Hall–Kier alpha value is -1.43. The number of nitrogens with zero attached hydrogens (tertiary/aromatic N) is 1. The smallest absolute Gasteiger partial charge is 0.259 e. The number of amides is 2. The maximum atomic E-state index is 11.9. The lowest BCUT2D eigenvalue weighted by atomic mass is 10.2. The molecule has 5 nitrogen and oxygen atoms in total. The highest BCUT2D eigenvalue weighted by Crippen LogP contribution is 2.14. The van der Waals surface area contributed by atoms with E-state index in [-0.39, 0.29) is 24.6 Å². The highest BCUT2D eigenvalue weighted by Gasteiger charge is 2.15. The first-order valence-electron chi connectivity index (χ1n) is 6.50. The third-order valence-electron chi connectivity index (χ3n) is 2.82. The monoisotopic (exact) mass is 298 g/mol. The molecule has 1 rings (SSSR count). The van der Waals surface area contributed by atoms with Gasteiger partial charge in [0.25, 0.3) is 5.91 Å². The predicted molar refractivity (Wildman–Crippen MR) is 77.7 cm³/mol. The van der Waals surface area contributed by atoms with Gasteiger partial charge in [0.05, 0.1) is 17.1 Å². The average molecular weight is 299 g/mol. The molecule has 0 atom stereocenters. The first-order chi connectivity index (χ1) is 9.58. The number of imide groups is 1. The Morgan fingerprint density at radius 3 is 2.65 bits per heavy atom. The second kappa shape index (κ2) is 8.68. The summed E-state index contributed by atoms with van der Waals surface area (Å²) in [5, 5.41) is 11.4. The van der Waals surface area contributed by atoms with Gasteiger partial charge in [0, 0.05) is 13.2 Å². The fourth-order valence-corrected chi connectivity index (χ4v) is 1.95. The number of aliphatic hydroxyl groups excluding tert-OH is 1. The fraction of sp³-hybridized carbons (Fsp3) is 0.429. The minimum absolute atomic E-state index is 0.0800. The van der Waals surface area contributed by atoms with Crippen LogP contribution < -0.4 is 5.32 Å². The fourth-order valence-electron chi connectivity index (χ4n) is 1.73. The largest absolute Gasteiger partial charge is 0.396 e. The molecule has 0 radical (unpaired) electrons. The first kappa shape index (κ1) is 16.6. The summed E-state index contributed by atoms with van der Waals surface area (Å²) in [4.78, 5) is 25.5. The van der Waals surface area contributed by atoms with E-state index in [2.05, 4.69) is 5.32 Å². The summed E-state index contributed by atoms with van der Waals surface area (Å²) >= 11 is 5.89. The van der Waals surface area contributed by atoms with E-state index in [1.165, 1.54) is 0 Å². The Kier molecular flexibility index (Phi) is 7.22. The van der Waals surface area contributed by atoms with Crippen molar-refractivity contribution in [2.75, 3.05) is 26.2 Å². The van der Waals surface area contributed by atoms with Crippen LogP contribution in [0, 0.1) is 0 Å². The highest BCUT2D eigenvalue weighted by molar-refractivity contribution is 6.34. The van der Waals surface area contributed by atoms with Crippen molar-refractivity contribution >= 4 is 23.4 Å². The zero-order valence-corrected chi connectivity index (χ0v) is 12.2. The van der Waals surface area contributed by atoms with Crippen LogP contribution in [-0.4, -0.2) is 48.1 Å². The molecular formula is C14H19ClN2O3. The number of hydrogen-bond acceptors (Lipinski definition) is 4. The minimum atomic E-state index is -0.501. The molecule has 1 aromatic rings. The lowest BCUT2D eigenvalue weighted by molar-refractivity contribution is -0.121. The van der Waals surface area contributed by atoms with Gasteiger partial charge in [-0.1, -0.05) is 30.7 Å². The molecule has 0 unspecified atom stereocenters. The zero-order chi connectivity index (χ0) is 15.0. The van der Waals surface area contributed by atoms with Gasteiger partial charge in [-0.2, -0.15) is 0 Å². The zero-order valence-electron chi connectivity index (χ0n) is 11.4. The van der Waals surface area contributed by atoms with E-state index >= 15 is 0 Å². The predicted octanol–water partition coefficient (Wildman–Crippen LogP) is 1.30. The van der Waals surface area contributed by atoms with E-state index < -0.39 is 5.91 Å². The maximum Gasteiger partial charge on any atom is 0.259 e. The van der Waals surface area contributed by atoms with Gasteiger partial charge in [0.15, 0.2) is 0 Å². The Labute approximate surface area is 123 Å². The Morgan fingerprint density at radius 2 is 2.05 bits per heavy atom. The van der Waals surface area contributed by atoms with Crippen molar-refractivity contribution in [1.29, 1.82) is 0 Å². The van der Waals surface area contributed by atoms with E-state index in [0.717, 1.165) is 0 Å². The van der Waals surface area contributed by atoms with Crippen molar-refractivity contribution < 1.29 is 14.7 Å². The number of hydrogen-bond donors (Lipinski definition) is 2. The molecule has 0 aliphatic heterocycles. The quantitative estimate of drug-likeness (QED) is 0.796. The summed E-state index contributed by atoms with van der Waals surface area (Å²) in [6.07, 6.45) is 0.597. The van der Waals surface area contributed by atoms with Crippen LogP contribution in [0.5, 0.6) is 0 Å². The van der Waals surface area contributed by atoms with Crippen LogP contribution in [-0.2, 0) is 4.79 Å². The van der Waals surface area contributed by atoms with E-state index in [9.17, 15) is 9.59 Å². The summed E-state index contributed by atoms with van der Waals surface area (Å²) in [6, 6.07) is 6.56. The van der Waals surface area contributed by atoms with Gasteiger partial charge in [-0.3, -0.25) is 19.8 Å². The van der Waals surface area contributed by atoms with Crippen LogP contribution in [0.2, 0.25) is 5.02 Å². The van der Waals surface area contributed by atoms with E-state index in [4.69, 9.17) is 16.7 Å². The van der Waals surface area contributed by atoms with Crippen LogP contribution in [0.25, 0.3) is 0 Å². The highest BCUT2D eigenvalue weighted by atomic mass is 35.5. The molecule has 0 saturated heterocycles. The van der Waals surface area contributed by atoms with Crippen molar-refractivity contribution in [2.45, 2.75) is 13.3 Å². The third-order valence-corrected chi connectivity index (χ3v) is 3.15. The molecule has 1 aromatic carbocycles. The molecule has 2 amide bonds. The Morgan fingerprint density at radius 1 is 1.35 bits per heavy atom. The van der Waals surface area contributed by atoms with E-state index in [0.29, 0.717) is 24.5 Å². The lowest BCUT2D eigenvalue weighted by Gasteiger charge is -2.18. The number of benzene rings is 1. The van der Waals surface area contributed by atoms with Gasteiger partial charge in [0.2, 0.25) is 5.91 Å². The second-order valence-electron chi connectivity index (χ2n) is 4.30. The van der Waals surface area contributed by atoms with Crippen molar-refractivity contribution in [2.24, 2.45) is 0 Å². The standard InChI is InChI=1S/C14H19ClN2O3/c1-2-17(8-5-9-18)10-13(19)16-14(20)11-6-3-4-7-12(11)15/h3-4,6-7,18H,2,5,8-10H2,1H3,(H,16,19,20). The van der Waals surface area contributed by atoms with Crippen molar-refractivity contribution in [1.82, 2.24) is 10.2 Å². The summed E-state index contributed by atoms with van der Waals surface area (Å²) < 4.78 is 0. The van der Waals surface area contributed by atoms with Gasteiger partial charge in [-0.15, -0.1) is 0 Å². The molecule has 2 N–H and O–H groups in total. The van der Waals surface area contributed by atoms with Crippen molar-refractivity contribution in [3.8, 4) is 0 Å². The topological polar surface area (TPSA) is 69.6 Å². The summed E-state index contributed by atoms with van der Waals surface area (Å²) in [7, 11) is 0. The molecule has 110 valence electrons. The average Bonchev–Trinajstić information content (AvgIpc) is 2.43. The molecule has 0 bridgehead atoms. The minimum Gasteiger partial charge on any atom is -0.396 e. The van der Waals surface area contributed by atoms with Gasteiger partial charge in [-0.25, -0.2) is 0 Å². The number of carbonyl (C=O) groups is 2. The molecule has 0 fully saturated rings. The summed E-state index contributed by atoms with van der Waals surface area (Å²) in [6.45, 7) is 3.40. The van der Waals surface area contributed by atoms with Crippen LogP contribution in [0.3, 0.4) is 0 Å². The molecule has 0 spiro atoms. The third kappa shape index (κ3) is 5.28. The summed E-state index contributed by atoms with van der Waals surface area (Å²) in [5.41, 5.74) is 0.279. The number of aliphatic hydroxyl groups is 1. The SMILES string of the molecule is CCN(CCCO)CC(=O)NC(=O)c1ccccc1Cl. The van der Waals surface area contributed by atoms with Gasteiger partial charge < -0.3 is 5.11 Å². The van der Waals surface area contributed by atoms with Crippen LogP contribution >= 0.6 is 11.6 Å². The van der Waals surface area contributed by atoms with Crippen LogP contribution in [0.15, 0.2) is 24.3 Å². The van der Waals surface area contributed by atoms with Crippen molar-refractivity contribution in [3.05, 3.63) is 34.9 Å².